The average molecular weight is 363 g/mol. The number of rotatable bonds is 4. The summed E-state index contributed by atoms with van der Waals surface area (Å²) >= 11 is 0. The predicted octanol–water partition coefficient (Wildman–Crippen LogP) is 6.65. The molecular formula is C26H21NO. The van der Waals surface area contributed by atoms with E-state index < -0.39 is 0 Å². The van der Waals surface area contributed by atoms with Crippen molar-refractivity contribution in [1.82, 2.24) is 4.40 Å². The van der Waals surface area contributed by atoms with Gasteiger partial charge in [-0.2, -0.15) is 0 Å². The summed E-state index contributed by atoms with van der Waals surface area (Å²) in [4.78, 5) is 0. The van der Waals surface area contributed by atoms with Crippen LogP contribution in [0, 0.1) is 6.92 Å². The molecule has 136 valence electrons. The largest absolute Gasteiger partial charge is 0.486 e. The lowest BCUT2D eigenvalue weighted by atomic mass is 9.99. The number of hydrogen-bond donors (Lipinski definition) is 0. The quantitative estimate of drug-likeness (QED) is 0.349. The van der Waals surface area contributed by atoms with Crippen molar-refractivity contribution in [3.63, 3.8) is 0 Å². The van der Waals surface area contributed by atoms with Gasteiger partial charge in [-0.3, -0.25) is 0 Å². The molecule has 2 nitrogen and oxygen atoms in total. The van der Waals surface area contributed by atoms with Crippen LogP contribution < -0.4 is 4.74 Å². The van der Waals surface area contributed by atoms with Crippen LogP contribution in [0.2, 0.25) is 0 Å². The van der Waals surface area contributed by atoms with Crippen LogP contribution in [0.5, 0.6) is 5.75 Å². The third-order valence-electron chi connectivity index (χ3n) is 5.22. The molecule has 0 bridgehead atoms. The fourth-order valence-corrected chi connectivity index (χ4v) is 3.74. The van der Waals surface area contributed by atoms with Crippen LogP contribution in [0.25, 0.3) is 27.4 Å². The van der Waals surface area contributed by atoms with E-state index in [1.54, 1.807) is 0 Å². The maximum Gasteiger partial charge on any atom is 0.153 e. The Kier molecular flexibility index (Phi) is 4.10. The van der Waals surface area contributed by atoms with E-state index in [2.05, 4.69) is 103 Å². The number of nitrogens with zero attached hydrogens (tertiary/aromatic N) is 1. The molecule has 0 aliphatic rings. The van der Waals surface area contributed by atoms with Crippen molar-refractivity contribution in [2.45, 2.75) is 13.5 Å². The average Bonchev–Trinajstić information content (AvgIpc) is 3.11. The molecule has 2 aromatic heterocycles. The Balaban J connectivity index is 1.64. The molecule has 3 aromatic carbocycles. The summed E-state index contributed by atoms with van der Waals surface area (Å²) in [5.74, 6) is 0.928. The Hall–Kier alpha value is -3.52. The summed E-state index contributed by atoms with van der Waals surface area (Å²) in [7, 11) is 0. The summed E-state index contributed by atoms with van der Waals surface area (Å²) < 4.78 is 8.54. The van der Waals surface area contributed by atoms with Crippen molar-refractivity contribution in [2.24, 2.45) is 0 Å². The minimum atomic E-state index is 0.548. The fourth-order valence-electron chi connectivity index (χ4n) is 3.74. The van der Waals surface area contributed by atoms with Gasteiger partial charge in [0.2, 0.25) is 0 Å². The Labute approximate surface area is 164 Å². The number of benzene rings is 3. The Bertz CT molecular complexity index is 1260. The molecule has 0 N–H and O–H groups in total. The fraction of sp³-hybridized carbons (Fsp3) is 0.0769. The normalized spacial score (nSPS) is 11.2. The van der Waals surface area contributed by atoms with Crippen LogP contribution in [0.4, 0.5) is 0 Å². The highest BCUT2D eigenvalue weighted by molar-refractivity contribution is 5.99. The van der Waals surface area contributed by atoms with E-state index in [9.17, 15) is 0 Å². The van der Waals surface area contributed by atoms with Gasteiger partial charge in [-0.15, -0.1) is 0 Å². The van der Waals surface area contributed by atoms with Crippen LogP contribution >= 0.6 is 0 Å². The summed E-state index contributed by atoms with van der Waals surface area (Å²) in [6, 6.07) is 29.7. The minimum Gasteiger partial charge on any atom is -0.486 e. The van der Waals surface area contributed by atoms with Crippen LogP contribution in [0.15, 0.2) is 97.3 Å². The summed E-state index contributed by atoms with van der Waals surface area (Å²) in [5.41, 5.74) is 5.83. The molecule has 0 aliphatic heterocycles. The number of aryl methyl sites for hydroxylation is 1. The van der Waals surface area contributed by atoms with Gasteiger partial charge in [-0.1, -0.05) is 78.4 Å². The first kappa shape index (κ1) is 16.6. The lowest BCUT2D eigenvalue weighted by molar-refractivity contribution is 0.311. The molecule has 0 spiro atoms. The van der Waals surface area contributed by atoms with E-state index in [1.807, 2.05) is 6.07 Å². The van der Waals surface area contributed by atoms with E-state index in [1.165, 1.54) is 27.5 Å². The molecule has 0 unspecified atom stereocenters. The lowest BCUT2D eigenvalue weighted by Crippen LogP contribution is -1.96. The maximum absolute atomic E-state index is 6.40. The summed E-state index contributed by atoms with van der Waals surface area (Å²) in [5, 5.41) is 2.47. The molecule has 0 amide bonds. The number of pyridine rings is 1. The first-order valence-corrected chi connectivity index (χ1v) is 9.56. The summed E-state index contributed by atoms with van der Waals surface area (Å²) in [6.45, 7) is 2.65. The van der Waals surface area contributed by atoms with Crippen LogP contribution in [-0.2, 0) is 6.61 Å². The first-order valence-electron chi connectivity index (χ1n) is 9.56. The third-order valence-corrected chi connectivity index (χ3v) is 5.22. The van der Waals surface area contributed by atoms with Gasteiger partial charge in [-0.05, 0) is 41.0 Å². The number of ether oxygens (including phenoxy) is 1. The Morgan fingerprint density at radius 2 is 1.54 bits per heavy atom. The van der Waals surface area contributed by atoms with E-state index >= 15 is 0 Å². The molecule has 0 atom stereocenters. The van der Waals surface area contributed by atoms with Crippen molar-refractivity contribution in [1.29, 1.82) is 0 Å². The molecule has 0 saturated carbocycles. The highest BCUT2D eigenvalue weighted by Gasteiger charge is 2.16. The predicted molar refractivity (Wildman–Crippen MR) is 116 cm³/mol. The highest BCUT2D eigenvalue weighted by Crippen LogP contribution is 2.39. The SMILES string of the molecule is Cc1ccc(COc2c(-c3cccc4ccccc34)cn3ccccc23)cc1. The Morgan fingerprint density at radius 1 is 0.750 bits per heavy atom. The van der Waals surface area contributed by atoms with Crippen molar-refractivity contribution >= 4 is 16.3 Å². The van der Waals surface area contributed by atoms with Crippen molar-refractivity contribution < 1.29 is 4.74 Å². The van der Waals surface area contributed by atoms with Gasteiger partial charge >= 0.3 is 0 Å². The third kappa shape index (κ3) is 2.93. The van der Waals surface area contributed by atoms with Gasteiger partial charge in [-0.25, -0.2) is 0 Å². The van der Waals surface area contributed by atoms with E-state index in [0.29, 0.717) is 6.61 Å². The van der Waals surface area contributed by atoms with Gasteiger partial charge in [0.15, 0.2) is 5.75 Å². The second-order valence-electron chi connectivity index (χ2n) is 7.17. The Morgan fingerprint density at radius 3 is 2.43 bits per heavy atom. The van der Waals surface area contributed by atoms with Gasteiger partial charge in [0.05, 0.1) is 5.52 Å². The molecule has 5 rings (SSSR count). The van der Waals surface area contributed by atoms with Gasteiger partial charge in [0.1, 0.15) is 6.61 Å². The van der Waals surface area contributed by atoms with E-state index in [0.717, 1.165) is 16.8 Å². The zero-order valence-corrected chi connectivity index (χ0v) is 15.8. The van der Waals surface area contributed by atoms with Crippen LogP contribution in [0.1, 0.15) is 11.1 Å². The van der Waals surface area contributed by atoms with Crippen LogP contribution in [-0.4, -0.2) is 4.40 Å². The molecule has 2 heterocycles. The molecule has 0 radical (unpaired) electrons. The molecule has 5 aromatic rings. The zero-order valence-electron chi connectivity index (χ0n) is 15.8. The molecule has 28 heavy (non-hydrogen) atoms. The number of fused-ring (bicyclic) bond motifs is 2. The topological polar surface area (TPSA) is 13.6 Å². The standard InChI is InChI=1S/C26H21NO/c1-19-12-14-20(15-13-19)18-28-26-24(17-27-16-5-4-11-25(26)27)23-10-6-8-21-7-2-3-9-22(21)23/h2-17H,18H2,1H3. The monoisotopic (exact) mass is 363 g/mol. The van der Waals surface area contributed by atoms with Crippen molar-refractivity contribution in [3.05, 3.63) is 108 Å². The van der Waals surface area contributed by atoms with Crippen LogP contribution in [0.3, 0.4) is 0 Å². The second-order valence-corrected chi connectivity index (χ2v) is 7.17. The molecular weight excluding hydrogens is 342 g/mol. The van der Waals surface area contributed by atoms with Crippen molar-refractivity contribution in [3.8, 4) is 16.9 Å². The second kappa shape index (κ2) is 6.90. The molecule has 0 aliphatic carbocycles. The van der Waals surface area contributed by atoms with E-state index in [4.69, 9.17) is 4.74 Å². The van der Waals surface area contributed by atoms with Gasteiger partial charge < -0.3 is 9.14 Å². The van der Waals surface area contributed by atoms with E-state index in [-0.39, 0.29) is 0 Å². The maximum atomic E-state index is 6.40. The molecule has 0 saturated heterocycles. The van der Waals surface area contributed by atoms with Gasteiger partial charge in [0, 0.05) is 18.0 Å². The molecule has 2 heteroatoms. The van der Waals surface area contributed by atoms with Crippen molar-refractivity contribution in [2.75, 3.05) is 0 Å². The smallest absolute Gasteiger partial charge is 0.153 e. The number of aromatic nitrogens is 1. The summed E-state index contributed by atoms with van der Waals surface area (Å²) in [6.07, 6.45) is 4.24. The van der Waals surface area contributed by atoms with Gasteiger partial charge in [0.25, 0.3) is 0 Å². The number of hydrogen-bond acceptors (Lipinski definition) is 1. The first-order chi connectivity index (χ1) is 13.8. The highest BCUT2D eigenvalue weighted by atomic mass is 16.5. The molecule has 0 fully saturated rings. The zero-order chi connectivity index (χ0) is 18.9. The minimum absolute atomic E-state index is 0.548. The lowest BCUT2D eigenvalue weighted by Gasteiger charge is -2.11.